The minimum absolute atomic E-state index is 0.0654. The first kappa shape index (κ1) is 18.3. The second kappa shape index (κ2) is 6.94. The molecule has 2 aromatic carbocycles. The molecule has 3 aliphatic rings. The van der Waals surface area contributed by atoms with Gasteiger partial charge in [-0.05, 0) is 54.3 Å². The third-order valence-corrected chi connectivity index (χ3v) is 6.44. The predicted octanol–water partition coefficient (Wildman–Crippen LogP) is 4.07. The van der Waals surface area contributed by atoms with Gasteiger partial charge in [0.25, 0.3) is 5.91 Å². The van der Waals surface area contributed by atoms with Crippen LogP contribution in [0.25, 0.3) is 0 Å². The Kier molecular flexibility index (Phi) is 4.37. The summed E-state index contributed by atoms with van der Waals surface area (Å²) in [6.45, 7) is 2.23. The molecule has 0 radical (unpaired) electrons. The van der Waals surface area contributed by atoms with Crippen LogP contribution >= 0.6 is 0 Å². The smallest absolute Gasteiger partial charge is 0.254 e. The van der Waals surface area contributed by atoms with Crippen LogP contribution in [-0.4, -0.2) is 37.7 Å². The van der Waals surface area contributed by atoms with Crippen LogP contribution in [0.15, 0.2) is 30.3 Å². The monoisotopic (exact) mass is 397 g/mol. The van der Waals surface area contributed by atoms with Gasteiger partial charge in [-0.25, -0.2) is 4.39 Å². The lowest BCUT2D eigenvalue weighted by Gasteiger charge is -2.43. The lowest BCUT2D eigenvalue weighted by atomic mass is 9.73. The molecule has 0 saturated heterocycles. The first-order valence-electron chi connectivity index (χ1n) is 10.2. The Hall–Kier alpha value is -2.76. The van der Waals surface area contributed by atoms with E-state index in [0.29, 0.717) is 31.9 Å². The van der Waals surface area contributed by atoms with Crippen molar-refractivity contribution in [2.45, 2.75) is 37.6 Å². The van der Waals surface area contributed by atoms with Gasteiger partial charge in [-0.3, -0.25) is 4.79 Å². The van der Waals surface area contributed by atoms with E-state index in [1.165, 1.54) is 24.8 Å². The molecule has 0 aromatic heterocycles. The SMILES string of the molecule is COc1ccc(C(=O)N2Cc3cc4c(cc3C3(CCCC3)C2)OCCO4)cc1F. The Morgan fingerprint density at radius 2 is 1.83 bits per heavy atom. The highest BCUT2D eigenvalue weighted by molar-refractivity contribution is 5.94. The van der Waals surface area contributed by atoms with Gasteiger partial charge in [0.2, 0.25) is 0 Å². The number of nitrogens with zero attached hydrogens (tertiary/aromatic N) is 1. The zero-order valence-corrected chi connectivity index (χ0v) is 16.5. The fourth-order valence-electron chi connectivity index (χ4n) is 5.07. The van der Waals surface area contributed by atoms with E-state index >= 15 is 0 Å². The average molecular weight is 397 g/mol. The quantitative estimate of drug-likeness (QED) is 0.766. The highest BCUT2D eigenvalue weighted by Crippen LogP contribution is 2.49. The number of rotatable bonds is 2. The highest BCUT2D eigenvalue weighted by Gasteiger charge is 2.44. The van der Waals surface area contributed by atoms with Crippen LogP contribution in [0, 0.1) is 5.82 Å². The highest BCUT2D eigenvalue weighted by atomic mass is 19.1. The largest absolute Gasteiger partial charge is 0.494 e. The summed E-state index contributed by atoms with van der Waals surface area (Å²) < 4.78 is 30.7. The van der Waals surface area contributed by atoms with E-state index in [9.17, 15) is 9.18 Å². The number of methoxy groups -OCH3 is 1. The summed E-state index contributed by atoms with van der Waals surface area (Å²) in [4.78, 5) is 15.1. The zero-order valence-electron chi connectivity index (χ0n) is 16.5. The fraction of sp³-hybridized carbons (Fsp3) is 0.435. The van der Waals surface area contributed by atoms with Gasteiger partial charge in [-0.1, -0.05) is 12.8 Å². The van der Waals surface area contributed by atoms with Crippen molar-refractivity contribution in [1.82, 2.24) is 4.90 Å². The Bertz CT molecular complexity index is 968. The molecule has 29 heavy (non-hydrogen) atoms. The van der Waals surface area contributed by atoms with Crippen LogP contribution in [0.5, 0.6) is 17.2 Å². The Labute approximate surface area is 169 Å². The molecule has 2 aliphatic heterocycles. The Morgan fingerprint density at radius 3 is 2.52 bits per heavy atom. The van der Waals surface area contributed by atoms with Gasteiger partial charge < -0.3 is 19.1 Å². The molecule has 0 bridgehead atoms. The number of amides is 1. The second-order valence-electron chi connectivity index (χ2n) is 8.15. The molecule has 1 fully saturated rings. The van der Waals surface area contributed by atoms with Crippen LogP contribution in [0.4, 0.5) is 4.39 Å². The van der Waals surface area contributed by atoms with Gasteiger partial charge >= 0.3 is 0 Å². The summed E-state index contributed by atoms with van der Waals surface area (Å²) in [5, 5.41) is 0. The molecule has 1 amide bonds. The maximum absolute atomic E-state index is 14.2. The Morgan fingerprint density at radius 1 is 1.10 bits per heavy atom. The molecule has 1 spiro atoms. The van der Waals surface area contributed by atoms with Crippen molar-refractivity contribution in [3.05, 3.63) is 52.8 Å². The number of carbonyl (C=O) groups is 1. The van der Waals surface area contributed by atoms with Crippen LogP contribution in [0.2, 0.25) is 0 Å². The summed E-state index contributed by atoms with van der Waals surface area (Å²) >= 11 is 0. The van der Waals surface area contributed by atoms with Gasteiger partial charge in [0.15, 0.2) is 23.1 Å². The molecule has 152 valence electrons. The van der Waals surface area contributed by atoms with Crippen molar-refractivity contribution < 1.29 is 23.4 Å². The number of hydrogen-bond donors (Lipinski definition) is 0. The summed E-state index contributed by atoms with van der Waals surface area (Å²) in [5.41, 5.74) is 2.66. The number of ether oxygens (including phenoxy) is 3. The van der Waals surface area contributed by atoms with Crippen molar-refractivity contribution in [3.63, 3.8) is 0 Å². The van der Waals surface area contributed by atoms with Crippen molar-refractivity contribution >= 4 is 5.91 Å². The van der Waals surface area contributed by atoms with Gasteiger partial charge in [0.1, 0.15) is 13.2 Å². The molecular formula is C23H24FNO4. The van der Waals surface area contributed by atoms with E-state index < -0.39 is 5.82 Å². The van der Waals surface area contributed by atoms with Crippen LogP contribution in [-0.2, 0) is 12.0 Å². The molecule has 1 aliphatic carbocycles. The van der Waals surface area contributed by atoms with Crippen molar-refractivity contribution in [3.8, 4) is 17.2 Å². The zero-order chi connectivity index (χ0) is 20.0. The third-order valence-electron chi connectivity index (χ3n) is 6.44. The van der Waals surface area contributed by atoms with E-state index in [-0.39, 0.29) is 17.1 Å². The van der Waals surface area contributed by atoms with E-state index in [2.05, 4.69) is 6.07 Å². The first-order valence-corrected chi connectivity index (χ1v) is 10.2. The van der Waals surface area contributed by atoms with Crippen molar-refractivity contribution in [2.24, 2.45) is 0 Å². The molecule has 6 heteroatoms. The van der Waals surface area contributed by atoms with Crippen LogP contribution in [0.3, 0.4) is 0 Å². The molecular weight excluding hydrogens is 373 g/mol. The van der Waals surface area contributed by atoms with Crippen molar-refractivity contribution in [2.75, 3.05) is 26.9 Å². The molecule has 5 nitrogen and oxygen atoms in total. The maximum Gasteiger partial charge on any atom is 0.254 e. The fourth-order valence-corrected chi connectivity index (χ4v) is 5.07. The van der Waals surface area contributed by atoms with E-state index in [0.717, 1.165) is 42.7 Å². The molecule has 5 rings (SSSR count). The summed E-state index contributed by atoms with van der Waals surface area (Å²) in [6.07, 6.45) is 4.38. The number of halogens is 1. The van der Waals surface area contributed by atoms with Gasteiger partial charge in [0.05, 0.1) is 7.11 Å². The predicted molar refractivity (Wildman–Crippen MR) is 105 cm³/mol. The minimum atomic E-state index is -0.522. The summed E-state index contributed by atoms with van der Waals surface area (Å²) in [5.74, 6) is 1.01. The minimum Gasteiger partial charge on any atom is -0.494 e. The van der Waals surface area contributed by atoms with E-state index in [1.807, 2.05) is 11.0 Å². The van der Waals surface area contributed by atoms with E-state index in [4.69, 9.17) is 14.2 Å². The molecule has 2 aromatic rings. The number of hydrogen-bond acceptors (Lipinski definition) is 4. The average Bonchev–Trinajstić information content (AvgIpc) is 3.20. The first-order chi connectivity index (χ1) is 14.1. The second-order valence-corrected chi connectivity index (χ2v) is 8.15. The standard InChI is InChI=1S/C23H24FNO4/c1-27-19-5-4-15(10-18(19)24)22(26)25-13-16-11-20-21(29-9-8-28-20)12-17(16)23(14-25)6-2-3-7-23/h4-5,10-12H,2-3,6-9,13-14H2,1H3. The molecule has 2 heterocycles. The Balaban J connectivity index is 1.52. The number of fused-ring (bicyclic) bond motifs is 3. The van der Waals surface area contributed by atoms with Gasteiger partial charge in [-0.15, -0.1) is 0 Å². The van der Waals surface area contributed by atoms with Gasteiger partial charge in [-0.2, -0.15) is 0 Å². The van der Waals surface area contributed by atoms with Gasteiger partial charge in [0, 0.05) is 24.1 Å². The van der Waals surface area contributed by atoms with E-state index in [1.54, 1.807) is 6.07 Å². The molecule has 0 atom stereocenters. The number of benzene rings is 2. The molecule has 0 unspecified atom stereocenters. The lowest BCUT2D eigenvalue weighted by Crippen LogP contribution is -2.46. The maximum atomic E-state index is 14.2. The molecule has 1 saturated carbocycles. The lowest BCUT2D eigenvalue weighted by molar-refractivity contribution is 0.0668. The number of carbonyl (C=O) groups excluding carboxylic acids is 1. The normalized spacial score (nSPS) is 19.2. The van der Waals surface area contributed by atoms with Crippen molar-refractivity contribution in [1.29, 1.82) is 0 Å². The van der Waals surface area contributed by atoms with Crippen LogP contribution < -0.4 is 14.2 Å². The third kappa shape index (κ3) is 3.02. The summed E-state index contributed by atoms with van der Waals surface area (Å²) in [6, 6.07) is 8.56. The summed E-state index contributed by atoms with van der Waals surface area (Å²) in [7, 11) is 1.41. The van der Waals surface area contributed by atoms with Crippen LogP contribution in [0.1, 0.15) is 47.2 Å². The molecule has 0 N–H and O–H groups in total. The topological polar surface area (TPSA) is 48.0 Å².